The van der Waals surface area contributed by atoms with Gasteiger partial charge in [0.05, 0.1) is 5.36 Å². The minimum Gasteiger partial charge on any atom is -0.308 e. The normalized spacial score (nSPS) is 11.2. The zero-order chi connectivity index (χ0) is 8.10. The van der Waals surface area contributed by atoms with Gasteiger partial charge in [-0.25, -0.2) is 0 Å². The molecule has 11 heavy (non-hydrogen) atoms. The van der Waals surface area contributed by atoms with E-state index in [0.29, 0.717) is 0 Å². The Morgan fingerprint density at radius 1 is 1.27 bits per heavy atom. The van der Waals surface area contributed by atoms with Crippen molar-refractivity contribution in [3.05, 3.63) is 41.3 Å². The van der Waals surface area contributed by atoms with Crippen LogP contribution in [0.4, 0.5) is 0 Å². The number of rotatable bonds is 1. The summed E-state index contributed by atoms with van der Waals surface area (Å²) in [6, 6.07) is 9.49. The Kier molecular flexibility index (Phi) is 2.55. The van der Waals surface area contributed by atoms with Crippen LogP contribution < -0.4 is 5.36 Å². The summed E-state index contributed by atoms with van der Waals surface area (Å²) in [7, 11) is 1.72. The molecule has 0 heterocycles. The van der Waals surface area contributed by atoms with Crippen LogP contribution >= 0.6 is 0 Å². The Labute approximate surface area is 65.8 Å². The first-order valence-corrected chi connectivity index (χ1v) is 3.41. The number of nitrogens with one attached hydrogen (secondary N) is 1. The smallest absolute Gasteiger partial charge is 0.0658 e. The van der Waals surface area contributed by atoms with Gasteiger partial charge in [-0.2, -0.15) is 0 Å². The van der Waals surface area contributed by atoms with E-state index in [9.17, 15) is 0 Å². The molecule has 56 valence electrons. The van der Waals surface area contributed by atoms with E-state index in [1.165, 1.54) is 6.21 Å². The lowest BCUT2D eigenvalue weighted by molar-refractivity contribution is 1.27. The summed E-state index contributed by atoms with van der Waals surface area (Å²) in [5.74, 6) is 0. The first kappa shape index (κ1) is 7.66. The molecule has 0 aliphatic heterocycles. The van der Waals surface area contributed by atoms with Gasteiger partial charge in [-0.05, 0) is 6.07 Å². The topological polar surface area (TPSA) is 36.2 Å². The maximum Gasteiger partial charge on any atom is 0.0658 e. The van der Waals surface area contributed by atoms with Crippen molar-refractivity contribution in [3.8, 4) is 0 Å². The highest BCUT2D eigenvalue weighted by atomic mass is 14.6. The van der Waals surface area contributed by atoms with Gasteiger partial charge >= 0.3 is 0 Å². The van der Waals surface area contributed by atoms with Crippen molar-refractivity contribution in [2.45, 2.75) is 0 Å². The summed E-state index contributed by atoms with van der Waals surface area (Å²) in [5.41, 5.74) is 0.845. The third-order valence-corrected chi connectivity index (χ3v) is 1.44. The van der Waals surface area contributed by atoms with Crippen molar-refractivity contribution in [2.75, 3.05) is 7.05 Å². The van der Waals surface area contributed by atoms with Crippen LogP contribution in [0.25, 0.3) is 0 Å². The van der Waals surface area contributed by atoms with E-state index in [2.05, 4.69) is 4.99 Å². The van der Waals surface area contributed by atoms with Gasteiger partial charge in [0.1, 0.15) is 0 Å². The summed E-state index contributed by atoms with van der Waals surface area (Å²) in [6.07, 6.45) is 1.31. The minimum atomic E-state index is 0.845. The molecule has 0 saturated heterocycles. The monoisotopic (exact) mass is 146 g/mol. The average molecular weight is 146 g/mol. The molecule has 0 bridgehead atoms. The Hall–Kier alpha value is -1.44. The largest absolute Gasteiger partial charge is 0.308 e. The van der Waals surface area contributed by atoms with Crippen LogP contribution in [0.5, 0.6) is 0 Å². The van der Waals surface area contributed by atoms with E-state index in [4.69, 9.17) is 5.41 Å². The Balaban J connectivity index is 3.48. The zero-order valence-electron chi connectivity index (χ0n) is 6.41. The maximum atomic E-state index is 7.09. The molecule has 0 aromatic heterocycles. The molecule has 1 aromatic carbocycles. The van der Waals surface area contributed by atoms with Crippen molar-refractivity contribution in [2.24, 2.45) is 4.99 Å². The van der Waals surface area contributed by atoms with Gasteiger partial charge in [0.25, 0.3) is 0 Å². The van der Waals surface area contributed by atoms with Crippen molar-refractivity contribution >= 4 is 6.21 Å². The number of nitrogens with zero attached hydrogens (tertiary/aromatic N) is 1. The van der Waals surface area contributed by atoms with Crippen LogP contribution in [0.3, 0.4) is 0 Å². The molecule has 1 N–H and O–H groups in total. The Bertz CT molecular complexity index is 315. The van der Waals surface area contributed by atoms with Crippen molar-refractivity contribution < 1.29 is 0 Å². The maximum absolute atomic E-state index is 7.09. The van der Waals surface area contributed by atoms with E-state index in [1.807, 2.05) is 30.3 Å². The average Bonchev–Trinajstić information content (AvgIpc) is 2.27. The lowest BCUT2D eigenvalue weighted by atomic mass is 10.3. The third kappa shape index (κ3) is 1.74. The summed E-state index contributed by atoms with van der Waals surface area (Å²) in [4.78, 5) is 4.03. The number of hydrogen-bond acceptors (Lipinski definition) is 2. The van der Waals surface area contributed by atoms with Gasteiger partial charge in [-0.15, -0.1) is 0 Å². The van der Waals surface area contributed by atoms with Crippen molar-refractivity contribution in [1.29, 1.82) is 5.41 Å². The molecule has 0 saturated carbocycles. The second-order valence-electron chi connectivity index (χ2n) is 2.12. The van der Waals surface area contributed by atoms with E-state index >= 15 is 0 Å². The highest BCUT2D eigenvalue weighted by molar-refractivity contribution is 5.76. The van der Waals surface area contributed by atoms with Crippen molar-refractivity contribution in [3.63, 3.8) is 0 Å². The second kappa shape index (κ2) is 3.66. The summed E-state index contributed by atoms with van der Waals surface area (Å²) >= 11 is 0. The second-order valence-corrected chi connectivity index (χ2v) is 2.12. The van der Waals surface area contributed by atoms with Gasteiger partial charge in [0.2, 0.25) is 0 Å². The van der Waals surface area contributed by atoms with E-state index in [-0.39, 0.29) is 0 Å². The highest BCUT2D eigenvalue weighted by Crippen LogP contribution is 1.84. The Morgan fingerprint density at radius 3 is 2.64 bits per heavy atom. The summed E-state index contributed by atoms with van der Waals surface area (Å²) in [6.45, 7) is 0. The molecule has 1 aromatic rings. The van der Waals surface area contributed by atoms with Crippen LogP contribution in [0.2, 0.25) is 0 Å². The van der Waals surface area contributed by atoms with Gasteiger partial charge in [-0.1, -0.05) is 24.3 Å². The lowest BCUT2D eigenvalue weighted by Crippen LogP contribution is -2.04. The fraction of sp³-hybridized carbons (Fsp3) is 0.111. The molecule has 0 radical (unpaired) electrons. The van der Waals surface area contributed by atoms with Gasteiger partial charge in [-0.3, -0.25) is 4.99 Å². The van der Waals surface area contributed by atoms with Crippen LogP contribution in [-0.4, -0.2) is 13.3 Å². The minimum absolute atomic E-state index is 0.845. The van der Waals surface area contributed by atoms with Gasteiger partial charge < -0.3 is 5.41 Å². The molecule has 0 unspecified atom stereocenters. The molecular formula is C9H10N2. The molecule has 1 rings (SSSR count). The van der Waals surface area contributed by atoms with E-state index in [0.717, 1.165) is 10.9 Å². The zero-order valence-corrected chi connectivity index (χ0v) is 6.41. The predicted molar refractivity (Wildman–Crippen MR) is 45.8 cm³/mol. The fourth-order valence-electron chi connectivity index (χ4n) is 0.877. The van der Waals surface area contributed by atoms with Crippen LogP contribution in [0.1, 0.15) is 5.56 Å². The van der Waals surface area contributed by atoms with Gasteiger partial charge in [0.15, 0.2) is 0 Å². The summed E-state index contributed by atoms with van der Waals surface area (Å²) < 4.78 is 0. The molecule has 0 aliphatic rings. The van der Waals surface area contributed by atoms with Crippen LogP contribution in [-0.2, 0) is 0 Å². The standard InChI is InChI=1S/C9H10N2/c1-11-9-6-4-2-3-5-8(9)7-10/h2-7,10H,1H3. The molecule has 0 fully saturated rings. The van der Waals surface area contributed by atoms with Crippen LogP contribution in [0, 0.1) is 5.41 Å². The number of hydrogen-bond donors (Lipinski definition) is 1. The SMILES string of the molecule is CN=c1cccccc1C=N. The molecule has 0 aliphatic carbocycles. The lowest BCUT2D eigenvalue weighted by Gasteiger charge is -1.83. The quantitative estimate of drug-likeness (QED) is 0.578. The molecular weight excluding hydrogens is 136 g/mol. The predicted octanol–water partition coefficient (Wildman–Crippen LogP) is 1.21. The third-order valence-electron chi connectivity index (χ3n) is 1.44. The Morgan fingerprint density at radius 2 is 2.00 bits per heavy atom. The van der Waals surface area contributed by atoms with Crippen LogP contribution in [0.15, 0.2) is 35.3 Å². The first-order chi connectivity index (χ1) is 5.38. The summed E-state index contributed by atoms with van der Waals surface area (Å²) in [5, 5.41) is 7.94. The van der Waals surface area contributed by atoms with Gasteiger partial charge in [0, 0.05) is 18.8 Å². The molecule has 0 spiro atoms. The molecule has 2 nitrogen and oxygen atoms in total. The highest BCUT2D eigenvalue weighted by Gasteiger charge is 1.85. The first-order valence-electron chi connectivity index (χ1n) is 3.41. The van der Waals surface area contributed by atoms with E-state index < -0.39 is 0 Å². The van der Waals surface area contributed by atoms with Crippen molar-refractivity contribution in [1.82, 2.24) is 0 Å². The molecule has 0 atom stereocenters. The molecule has 0 amide bonds. The van der Waals surface area contributed by atoms with E-state index in [1.54, 1.807) is 7.05 Å². The fourth-order valence-corrected chi connectivity index (χ4v) is 0.877. The molecule has 2 heteroatoms.